The summed E-state index contributed by atoms with van der Waals surface area (Å²) in [6.45, 7) is 4.41. The molecule has 3 rings (SSSR count). The van der Waals surface area contributed by atoms with Crippen LogP contribution in [0, 0.1) is 5.92 Å². The predicted molar refractivity (Wildman–Crippen MR) is 80.6 cm³/mol. The van der Waals surface area contributed by atoms with Crippen molar-refractivity contribution in [2.24, 2.45) is 5.92 Å². The first-order valence-electron chi connectivity index (χ1n) is 7.55. The highest BCUT2D eigenvalue weighted by atomic mass is 32.1. The monoisotopic (exact) mass is 307 g/mol. The van der Waals surface area contributed by atoms with Gasteiger partial charge in [-0.15, -0.1) is 11.3 Å². The summed E-state index contributed by atoms with van der Waals surface area (Å²) in [7, 11) is 0. The lowest BCUT2D eigenvalue weighted by Gasteiger charge is -2.45. The van der Waals surface area contributed by atoms with Crippen LogP contribution < -0.4 is 5.32 Å². The molecule has 1 saturated heterocycles. The number of piperazine rings is 1. The van der Waals surface area contributed by atoms with Gasteiger partial charge in [-0.05, 0) is 18.8 Å². The number of amides is 2. The minimum atomic E-state index is -0.653. The highest BCUT2D eigenvalue weighted by molar-refractivity contribution is 7.09. The average molecular weight is 307 g/mol. The third-order valence-electron chi connectivity index (χ3n) is 4.51. The van der Waals surface area contributed by atoms with E-state index in [-0.39, 0.29) is 17.7 Å². The first-order chi connectivity index (χ1) is 10.0. The second-order valence-corrected chi connectivity index (χ2v) is 7.31. The predicted octanol–water partition coefficient (Wildman–Crippen LogP) is 1.94. The molecule has 0 aromatic carbocycles. The fraction of sp³-hybridized carbons (Fsp3) is 0.667. The van der Waals surface area contributed by atoms with Crippen molar-refractivity contribution in [1.29, 1.82) is 0 Å². The maximum Gasteiger partial charge on any atom is 0.249 e. The molecule has 1 aliphatic carbocycles. The summed E-state index contributed by atoms with van der Waals surface area (Å²) >= 11 is 1.53. The first-order valence-corrected chi connectivity index (χ1v) is 8.43. The molecular formula is C15H21N3O2S. The number of carbonyl (C=O) groups is 2. The standard InChI is InChI=1S/C15H21N3O2S/c1-10(2)12-13(19)17-15(5-3-4-6-15)14(20)18(12)9-11-16-7-8-21-11/h7-8,10,12H,3-6,9H2,1-2H3,(H,17,19). The van der Waals surface area contributed by atoms with Crippen LogP contribution in [0.3, 0.4) is 0 Å². The van der Waals surface area contributed by atoms with Gasteiger partial charge in [-0.1, -0.05) is 26.7 Å². The SMILES string of the molecule is CC(C)C1C(=O)NC2(CCCC2)C(=O)N1Cc1nccs1. The van der Waals surface area contributed by atoms with Crippen molar-refractivity contribution < 1.29 is 9.59 Å². The molecule has 2 amide bonds. The Balaban J connectivity index is 1.92. The molecule has 1 spiro atoms. The summed E-state index contributed by atoms with van der Waals surface area (Å²) < 4.78 is 0. The molecule has 6 heteroatoms. The molecule has 0 radical (unpaired) electrons. The summed E-state index contributed by atoms with van der Waals surface area (Å²) in [5.41, 5.74) is -0.653. The largest absolute Gasteiger partial charge is 0.340 e. The van der Waals surface area contributed by atoms with E-state index in [2.05, 4.69) is 10.3 Å². The topological polar surface area (TPSA) is 62.3 Å². The van der Waals surface area contributed by atoms with Crippen molar-refractivity contribution in [2.45, 2.75) is 57.7 Å². The van der Waals surface area contributed by atoms with Gasteiger partial charge < -0.3 is 10.2 Å². The van der Waals surface area contributed by atoms with Gasteiger partial charge in [-0.3, -0.25) is 9.59 Å². The Labute approximate surface area is 128 Å². The third kappa shape index (κ3) is 2.46. The molecule has 1 saturated carbocycles. The lowest BCUT2D eigenvalue weighted by Crippen LogP contribution is -2.70. The highest BCUT2D eigenvalue weighted by Gasteiger charge is 2.52. The van der Waals surface area contributed by atoms with E-state index >= 15 is 0 Å². The summed E-state index contributed by atoms with van der Waals surface area (Å²) in [6, 6.07) is -0.396. The normalized spacial score (nSPS) is 24.9. The van der Waals surface area contributed by atoms with E-state index in [1.165, 1.54) is 11.3 Å². The molecule has 0 bridgehead atoms. The van der Waals surface area contributed by atoms with Gasteiger partial charge in [0.25, 0.3) is 0 Å². The molecule has 5 nitrogen and oxygen atoms in total. The van der Waals surface area contributed by atoms with Crippen LogP contribution in [0.5, 0.6) is 0 Å². The van der Waals surface area contributed by atoms with Crippen LogP contribution >= 0.6 is 11.3 Å². The smallest absolute Gasteiger partial charge is 0.249 e. The van der Waals surface area contributed by atoms with E-state index in [4.69, 9.17) is 0 Å². The summed E-state index contributed by atoms with van der Waals surface area (Å²) in [4.78, 5) is 31.6. The van der Waals surface area contributed by atoms with Crippen LogP contribution in [-0.4, -0.2) is 33.3 Å². The van der Waals surface area contributed by atoms with E-state index in [0.717, 1.165) is 30.7 Å². The number of aromatic nitrogens is 1. The molecule has 1 N–H and O–H groups in total. The van der Waals surface area contributed by atoms with Crippen LogP contribution in [-0.2, 0) is 16.1 Å². The Bertz CT molecular complexity index is 535. The molecule has 2 fully saturated rings. The van der Waals surface area contributed by atoms with Crippen molar-refractivity contribution in [1.82, 2.24) is 15.2 Å². The van der Waals surface area contributed by atoms with E-state index in [0.29, 0.717) is 6.54 Å². The quantitative estimate of drug-likeness (QED) is 0.928. The van der Waals surface area contributed by atoms with Gasteiger partial charge in [0, 0.05) is 11.6 Å². The van der Waals surface area contributed by atoms with Crippen LogP contribution in [0.15, 0.2) is 11.6 Å². The lowest BCUT2D eigenvalue weighted by molar-refractivity contribution is -0.157. The van der Waals surface area contributed by atoms with Gasteiger partial charge >= 0.3 is 0 Å². The van der Waals surface area contributed by atoms with Crippen molar-refractivity contribution in [2.75, 3.05) is 0 Å². The second kappa shape index (κ2) is 5.40. The Kier molecular flexibility index (Phi) is 3.73. The minimum Gasteiger partial charge on any atom is -0.340 e. The van der Waals surface area contributed by atoms with Gasteiger partial charge in [-0.2, -0.15) is 0 Å². The van der Waals surface area contributed by atoms with Crippen molar-refractivity contribution in [3.8, 4) is 0 Å². The number of nitrogens with one attached hydrogen (secondary N) is 1. The summed E-state index contributed by atoms with van der Waals surface area (Å²) in [5, 5.41) is 5.82. The lowest BCUT2D eigenvalue weighted by atomic mass is 9.87. The van der Waals surface area contributed by atoms with Crippen LogP contribution in [0.2, 0.25) is 0 Å². The van der Waals surface area contributed by atoms with E-state index in [1.807, 2.05) is 19.2 Å². The molecule has 1 aromatic rings. The van der Waals surface area contributed by atoms with Gasteiger partial charge in [0.1, 0.15) is 16.6 Å². The van der Waals surface area contributed by atoms with Gasteiger partial charge in [-0.25, -0.2) is 4.98 Å². The number of nitrogens with zero attached hydrogens (tertiary/aromatic N) is 2. The zero-order valence-corrected chi connectivity index (χ0v) is 13.3. The van der Waals surface area contributed by atoms with Gasteiger partial charge in [0.15, 0.2) is 0 Å². The number of hydrogen-bond acceptors (Lipinski definition) is 4. The molecular weight excluding hydrogens is 286 g/mol. The molecule has 21 heavy (non-hydrogen) atoms. The first kappa shape index (κ1) is 14.5. The van der Waals surface area contributed by atoms with Crippen molar-refractivity contribution in [3.05, 3.63) is 16.6 Å². The maximum atomic E-state index is 13.0. The van der Waals surface area contributed by atoms with Gasteiger partial charge in [0.05, 0.1) is 6.54 Å². The van der Waals surface area contributed by atoms with Crippen LogP contribution in [0.4, 0.5) is 0 Å². The van der Waals surface area contributed by atoms with Crippen molar-refractivity contribution >= 4 is 23.2 Å². The zero-order valence-electron chi connectivity index (χ0n) is 12.5. The molecule has 2 aliphatic rings. The Hall–Kier alpha value is -1.43. The second-order valence-electron chi connectivity index (χ2n) is 6.33. The molecule has 1 unspecified atom stereocenters. The van der Waals surface area contributed by atoms with Crippen LogP contribution in [0.25, 0.3) is 0 Å². The number of hydrogen-bond donors (Lipinski definition) is 1. The highest BCUT2D eigenvalue weighted by Crippen LogP contribution is 2.36. The van der Waals surface area contributed by atoms with Crippen molar-refractivity contribution in [3.63, 3.8) is 0 Å². The van der Waals surface area contributed by atoms with Gasteiger partial charge in [0.2, 0.25) is 11.8 Å². The fourth-order valence-corrected chi connectivity index (χ4v) is 4.15. The molecule has 114 valence electrons. The number of rotatable bonds is 3. The molecule has 1 aliphatic heterocycles. The molecule has 2 heterocycles. The Morgan fingerprint density at radius 3 is 2.71 bits per heavy atom. The molecule has 1 aromatic heterocycles. The summed E-state index contributed by atoms with van der Waals surface area (Å²) in [6.07, 6.45) is 5.27. The Morgan fingerprint density at radius 2 is 2.14 bits per heavy atom. The number of thiazole rings is 1. The number of carbonyl (C=O) groups excluding carboxylic acids is 2. The maximum absolute atomic E-state index is 13.0. The third-order valence-corrected chi connectivity index (χ3v) is 5.28. The van der Waals surface area contributed by atoms with E-state index in [1.54, 1.807) is 11.1 Å². The van der Waals surface area contributed by atoms with E-state index < -0.39 is 11.6 Å². The van der Waals surface area contributed by atoms with Crippen LogP contribution in [0.1, 0.15) is 44.5 Å². The summed E-state index contributed by atoms with van der Waals surface area (Å²) in [5.74, 6) is 0.157. The average Bonchev–Trinajstić information content (AvgIpc) is 3.07. The minimum absolute atomic E-state index is 0.0111. The Morgan fingerprint density at radius 1 is 1.43 bits per heavy atom. The molecule has 1 atom stereocenters. The fourth-order valence-electron chi connectivity index (χ4n) is 3.53. The zero-order chi connectivity index (χ0) is 15.0. The van der Waals surface area contributed by atoms with E-state index in [9.17, 15) is 9.59 Å².